The highest BCUT2D eigenvalue weighted by atomic mass is 32.1. The van der Waals surface area contributed by atoms with Crippen LogP contribution in [0.5, 0.6) is 11.5 Å². The minimum absolute atomic E-state index is 0.203. The summed E-state index contributed by atoms with van der Waals surface area (Å²) in [6.07, 6.45) is 1.73. The first kappa shape index (κ1) is 15.6. The van der Waals surface area contributed by atoms with Crippen molar-refractivity contribution in [2.24, 2.45) is 4.99 Å². The van der Waals surface area contributed by atoms with Gasteiger partial charge in [-0.3, -0.25) is 4.79 Å². The van der Waals surface area contributed by atoms with Crippen LogP contribution in [0.25, 0.3) is 10.2 Å². The summed E-state index contributed by atoms with van der Waals surface area (Å²) in [6, 6.07) is 9.07. The third-order valence-electron chi connectivity index (χ3n) is 3.78. The van der Waals surface area contributed by atoms with Crippen LogP contribution in [-0.2, 0) is 6.54 Å². The number of carbonyl (C=O) groups excluding carboxylic acids is 1. The Morgan fingerprint density at radius 3 is 2.72 bits per heavy atom. The minimum atomic E-state index is -0.426. The average molecular weight is 356 g/mol. The standard InChI is InChI=1S/C18H13FN2O3S/c1-2-7-21-13-8-14-15(24-10-23-14)9-16(13)25-18(21)20-17(22)11-3-5-12(19)6-4-11/h2-6,8-9H,1,7,10H2. The second kappa shape index (κ2) is 6.18. The fourth-order valence-corrected chi connectivity index (χ4v) is 3.64. The monoisotopic (exact) mass is 356 g/mol. The molecule has 2 aromatic carbocycles. The Bertz CT molecular complexity index is 1050. The Labute approximate surface area is 146 Å². The van der Waals surface area contributed by atoms with Gasteiger partial charge in [-0.15, -0.1) is 6.58 Å². The summed E-state index contributed by atoms with van der Waals surface area (Å²) in [7, 11) is 0. The van der Waals surface area contributed by atoms with Crippen molar-refractivity contribution in [3.05, 3.63) is 65.2 Å². The summed E-state index contributed by atoms with van der Waals surface area (Å²) < 4.78 is 26.6. The van der Waals surface area contributed by atoms with Crippen LogP contribution in [0.4, 0.5) is 4.39 Å². The van der Waals surface area contributed by atoms with E-state index in [4.69, 9.17) is 9.47 Å². The zero-order chi connectivity index (χ0) is 17.4. The van der Waals surface area contributed by atoms with E-state index in [0.29, 0.717) is 28.4 Å². The smallest absolute Gasteiger partial charge is 0.279 e. The molecule has 126 valence electrons. The minimum Gasteiger partial charge on any atom is -0.454 e. The molecule has 2 heterocycles. The van der Waals surface area contributed by atoms with Gasteiger partial charge in [0.15, 0.2) is 16.3 Å². The number of allylic oxidation sites excluding steroid dienone is 1. The Kier molecular flexibility index (Phi) is 3.85. The zero-order valence-electron chi connectivity index (χ0n) is 13.1. The van der Waals surface area contributed by atoms with Gasteiger partial charge in [-0.1, -0.05) is 17.4 Å². The number of carbonyl (C=O) groups is 1. The van der Waals surface area contributed by atoms with Gasteiger partial charge in [-0.05, 0) is 24.3 Å². The number of thiazole rings is 1. The van der Waals surface area contributed by atoms with E-state index in [9.17, 15) is 9.18 Å². The van der Waals surface area contributed by atoms with Gasteiger partial charge in [-0.2, -0.15) is 4.99 Å². The second-order valence-electron chi connectivity index (χ2n) is 5.38. The second-order valence-corrected chi connectivity index (χ2v) is 6.39. The van der Waals surface area contributed by atoms with Crippen LogP contribution in [0.15, 0.2) is 54.0 Å². The van der Waals surface area contributed by atoms with Gasteiger partial charge in [0.2, 0.25) is 6.79 Å². The number of halogens is 1. The molecule has 1 aliphatic rings. The molecule has 0 spiro atoms. The molecule has 1 aliphatic heterocycles. The molecule has 3 aromatic rings. The lowest BCUT2D eigenvalue weighted by Gasteiger charge is -2.02. The summed E-state index contributed by atoms with van der Waals surface area (Å²) in [5, 5.41) is 0. The molecule has 0 radical (unpaired) electrons. The maximum absolute atomic E-state index is 13.0. The maximum atomic E-state index is 13.0. The van der Waals surface area contributed by atoms with Crippen LogP contribution in [-0.4, -0.2) is 17.3 Å². The molecule has 0 unspecified atom stereocenters. The Balaban J connectivity index is 1.85. The molecule has 0 bridgehead atoms. The predicted molar refractivity (Wildman–Crippen MR) is 92.4 cm³/mol. The van der Waals surface area contributed by atoms with Gasteiger partial charge >= 0.3 is 0 Å². The molecule has 0 N–H and O–H groups in total. The predicted octanol–water partition coefficient (Wildman–Crippen LogP) is 3.50. The topological polar surface area (TPSA) is 52.8 Å². The largest absolute Gasteiger partial charge is 0.454 e. The van der Waals surface area contributed by atoms with Crippen molar-refractivity contribution in [2.75, 3.05) is 6.79 Å². The number of nitrogens with zero attached hydrogens (tertiary/aromatic N) is 2. The SMILES string of the molecule is C=CCn1c(=NC(=O)c2ccc(F)cc2)sc2cc3c(cc21)OCO3. The molecule has 0 atom stereocenters. The fourth-order valence-electron chi connectivity index (χ4n) is 2.59. The van der Waals surface area contributed by atoms with Gasteiger partial charge in [0.1, 0.15) is 5.82 Å². The maximum Gasteiger partial charge on any atom is 0.279 e. The molecule has 25 heavy (non-hydrogen) atoms. The molecule has 0 saturated carbocycles. The number of fused-ring (bicyclic) bond motifs is 2. The van der Waals surface area contributed by atoms with Gasteiger partial charge in [0, 0.05) is 24.2 Å². The van der Waals surface area contributed by atoms with Crippen LogP contribution in [0.2, 0.25) is 0 Å². The number of hydrogen-bond acceptors (Lipinski definition) is 4. The fraction of sp³-hybridized carbons (Fsp3) is 0.111. The van der Waals surface area contributed by atoms with Crippen molar-refractivity contribution in [3.8, 4) is 11.5 Å². The quantitative estimate of drug-likeness (QED) is 0.675. The molecule has 1 aromatic heterocycles. The van der Waals surface area contributed by atoms with Crippen LogP contribution in [0.3, 0.4) is 0 Å². The number of benzene rings is 2. The third kappa shape index (κ3) is 2.83. The van der Waals surface area contributed by atoms with Crippen LogP contribution in [0.1, 0.15) is 10.4 Å². The van der Waals surface area contributed by atoms with E-state index < -0.39 is 11.7 Å². The number of rotatable bonds is 3. The normalized spacial score (nSPS) is 13.4. The van der Waals surface area contributed by atoms with E-state index in [1.165, 1.54) is 35.6 Å². The molecule has 5 nitrogen and oxygen atoms in total. The molecule has 4 rings (SSSR count). The highest BCUT2D eigenvalue weighted by Gasteiger charge is 2.17. The van der Waals surface area contributed by atoms with Gasteiger partial charge in [0.05, 0.1) is 10.2 Å². The van der Waals surface area contributed by atoms with E-state index in [0.717, 1.165) is 10.2 Å². The molecular formula is C18H13FN2O3S. The summed E-state index contributed by atoms with van der Waals surface area (Å²) in [6.45, 7) is 4.46. The van der Waals surface area contributed by atoms with Crippen molar-refractivity contribution >= 4 is 27.5 Å². The van der Waals surface area contributed by atoms with Gasteiger partial charge < -0.3 is 14.0 Å². The van der Waals surface area contributed by atoms with Crippen LogP contribution in [0, 0.1) is 5.82 Å². The molecule has 1 amide bonds. The number of amides is 1. The van der Waals surface area contributed by atoms with Crippen molar-refractivity contribution in [1.82, 2.24) is 4.57 Å². The highest BCUT2D eigenvalue weighted by Crippen LogP contribution is 2.36. The first-order valence-corrected chi connectivity index (χ1v) is 8.36. The number of ether oxygens (including phenoxy) is 2. The molecule has 0 saturated heterocycles. The van der Waals surface area contributed by atoms with Crippen LogP contribution < -0.4 is 14.3 Å². The first-order chi connectivity index (χ1) is 12.2. The number of hydrogen-bond donors (Lipinski definition) is 0. The van der Waals surface area contributed by atoms with E-state index in [1.807, 2.05) is 16.7 Å². The lowest BCUT2D eigenvalue weighted by atomic mass is 10.2. The molecule has 0 aliphatic carbocycles. The van der Waals surface area contributed by atoms with Gasteiger partial charge in [-0.25, -0.2) is 4.39 Å². The lowest BCUT2D eigenvalue weighted by molar-refractivity contribution is 0.0998. The van der Waals surface area contributed by atoms with E-state index in [1.54, 1.807) is 6.08 Å². The molecule has 7 heteroatoms. The highest BCUT2D eigenvalue weighted by molar-refractivity contribution is 7.16. The van der Waals surface area contributed by atoms with E-state index in [2.05, 4.69) is 11.6 Å². The average Bonchev–Trinajstić information content (AvgIpc) is 3.18. The third-order valence-corrected chi connectivity index (χ3v) is 4.82. The molecule has 0 fully saturated rings. The zero-order valence-corrected chi connectivity index (χ0v) is 13.9. The van der Waals surface area contributed by atoms with Gasteiger partial charge in [0.25, 0.3) is 5.91 Å². The Hall–Kier alpha value is -2.93. The lowest BCUT2D eigenvalue weighted by Crippen LogP contribution is -2.16. The summed E-state index contributed by atoms with van der Waals surface area (Å²) in [5.41, 5.74) is 1.22. The van der Waals surface area contributed by atoms with Crippen molar-refractivity contribution < 1.29 is 18.7 Å². The van der Waals surface area contributed by atoms with Crippen molar-refractivity contribution in [1.29, 1.82) is 0 Å². The Morgan fingerprint density at radius 2 is 2.00 bits per heavy atom. The summed E-state index contributed by atoms with van der Waals surface area (Å²) >= 11 is 1.37. The molecular weight excluding hydrogens is 343 g/mol. The van der Waals surface area contributed by atoms with Crippen molar-refractivity contribution in [2.45, 2.75) is 6.54 Å². The van der Waals surface area contributed by atoms with E-state index >= 15 is 0 Å². The summed E-state index contributed by atoms with van der Waals surface area (Å²) in [4.78, 5) is 17.1. The van der Waals surface area contributed by atoms with Crippen molar-refractivity contribution in [3.63, 3.8) is 0 Å². The van der Waals surface area contributed by atoms with Crippen LogP contribution >= 0.6 is 11.3 Å². The summed E-state index contributed by atoms with van der Waals surface area (Å²) in [5.74, 6) is 0.523. The first-order valence-electron chi connectivity index (χ1n) is 7.54. The Morgan fingerprint density at radius 1 is 1.28 bits per heavy atom. The van der Waals surface area contributed by atoms with E-state index in [-0.39, 0.29) is 6.79 Å². The number of aromatic nitrogens is 1.